The molecule has 0 saturated carbocycles. The number of carbonyl (C=O) groups excluding carboxylic acids is 1. The highest BCUT2D eigenvalue weighted by atomic mass is 127. The van der Waals surface area contributed by atoms with Crippen LogP contribution in [0.2, 0.25) is 5.02 Å². The summed E-state index contributed by atoms with van der Waals surface area (Å²) in [6.45, 7) is 3.52. The van der Waals surface area contributed by atoms with Gasteiger partial charge in [0.1, 0.15) is 0 Å². The van der Waals surface area contributed by atoms with E-state index in [0.717, 1.165) is 3.57 Å². The highest BCUT2D eigenvalue weighted by Gasteiger charge is 2.30. The number of rotatable bonds is 4. The lowest BCUT2D eigenvalue weighted by Gasteiger charge is -2.28. The molecule has 0 fully saturated rings. The molecule has 4 N–H and O–H groups in total. The monoisotopic (exact) mass is 395 g/mol. The number of nitrogens with zero attached hydrogens (tertiary/aromatic N) is 1. The average molecular weight is 396 g/mol. The van der Waals surface area contributed by atoms with Crippen molar-refractivity contribution in [3.63, 3.8) is 0 Å². The molecule has 0 aliphatic carbocycles. The Balaban J connectivity index is 2.98. The molecule has 0 saturated heterocycles. The number of carbonyl (C=O) groups is 1. The Hall–Kier alpha value is -1.02. The maximum Gasteiger partial charge on any atom is 0.252 e. The van der Waals surface area contributed by atoms with E-state index in [0.29, 0.717) is 17.0 Å². The maximum atomic E-state index is 12.1. The normalized spacial score (nSPS) is 14.8. The third-order valence-electron chi connectivity index (χ3n) is 2.95. The van der Waals surface area contributed by atoms with Crippen molar-refractivity contribution >= 4 is 45.9 Å². The van der Waals surface area contributed by atoms with Gasteiger partial charge in [-0.1, -0.05) is 23.7 Å². The molecular formula is C12H15ClIN3O2. The van der Waals surface area contributed by atoms with Crippen molar-refractivity contribution in [3.8, 4) is 0 Å². The van der Waals surface area contributed by atoms with Crippen molar-refractivity contribution in [2.24, 2.45) is 10.9 Å². The predicted octanol–water partition coefficient (Wildman–Crippen LogP) is 2.59. The Labute approximate surface area is 130 Å². The van der Waals surface area contributed by atoms with Crippen LogP contribution in [0.15, 0.2) is 23.4 Å². The second-order valence-corrected chi connectivity index (χ2v) is 5.82. The van der Waals surface area contributed by atoms with Crippen molar-refractivity contribution in [3.05, 3.63) is 32.4 Å². The number of hydrogen-bond acceptors (Lipinski definition) is 3. The zero-order chi connectivity index (χ0) is 14.6. The SMILES string of the molecule is CCC(C)(NC(=O)c1ccc(I)c(Cl)c1)/C(N)=N/O. The minimum atomic E-state index is -0.901. The summed E-state index contributed by atoms with van der Waals surface area (Å²) in [5, 5.41) is 15.0. The zero-order valence-corrected chi connectivity index (χ0v) is 13.5. The van der Waals surface area contributed by atoms with Crippen LogP contribution in [0.1, 0.15) is 30.6 Å². The van der Waals surface area contributed by atoms with E-state index in [1.807, 2.05) is 6.92 Å². The smallest absolute Gasteiger partial charge is 0.252 e. The van der Waals surface area contributed by atoms with Crippen LogP contribution in [0.5, 0.6) is 0 Å². The van der Waals surface area contributed by atoms with Gasteiger partial charge < -0.3 is 16.3 Å². The summed E-state index contributed by atoms with van der Waals surface area (Å²) in [7, 11) is 0. The molecule has 104 valence electrons. The summed E-state index contributed by atoms with van der Waals surface area (Å²) in [6, 6.07) is 5.01. The van der Waals surface area contributed by atoms with Gasteiger partial charge in [0.15, 0.2) is 5.84 Å². The number of halogens is 2. The minimum absolute atomic E-state index is 0.0417. The molecule has 0 aromatic heterocycles. The number of amides is 1. The van der Waals surface area contributed by atoms with Crippen LogP contribution in [0.4, 0.5) is 0 Å². The minimum Gasteiger partial charge on any atom is -0.409 e. The lowest BCUT2D eigenvalue weighted by Crippen LogP contribution is -2.55. The lowest BCUT2D eigenvalue weighted by molar-refractivity contribution is 0.0925. The number of nitrogens with one attached hydrogen (secondary N) is 1. The van der Waals surface area contributed by atoms with Crippen molar-refractivity contribution in [1.29, 1.82) is 0 Å². The largest absolute Gasteiger partial charge is 0.409 e. The summed E-state index contributed by atoms with van der Waals surface area (Å²) >= 11 is 8.06. The van der Waals surface area contributed by atoms with Gasteiger partial charge in [0, 0.05) is 9.13 Å². The lowest BCUT2D eigenvalue weighted by atomic mass is 9.97. The molecule has 1 aromatic carbocycles. The topological polar surface area (TPSA) is 87.7 Å². The highest BCUT2D eigenvalue weighted by molar-refractivity contribution is 14.1. The van der Waals surface area contributed by atoms with Crippen LogP contribution in [-0.4, -0.2) is 22.5 Å². The van der Waals surface area contributed by atoms with Crippen LogP contribution in [0, 0.1) is 3.57 Å². The molecule has 0 radical (unpaired) electrons. The first-order chi connectivity index (χ1) is 8.84. The van der Waals surface area contributed by atoms with Crippen LogP contribution in [0.3, 0.4) is 0 Å². The molecule has 1 unspecified atom stereocenters. The van der Waals surface area contributed by atoms with E-state index < -0.39 is 5.54 Å². The molecule has 1 atom stereocenters. The van der Waals surface area contributed by atoms with Crippen LogP contribution in [-0.2, 0) is 0 Å². The maximum absolute atomic E-state index is 12.1. The van der Waals surface area contributed by atoms with E-state index in [9.17, 15) is 4.79 Å². The molecule has 5 nitrogen and oxygen atoms in total. The number of oxime groups is 1. The second-order valence-electron chi connectivity index (χ2n) is 4.25. The molecule has 1 amide bonds. The molecular weight excluding hydrogens is 381 g/mol. The van der Waals surface area contributed by atoms with E-state index in [1.165, 1.54) is 0 Å². The quantitative estimate of drug-likeness (QED) is 0.241. The van der Waals surface area contributed by atoms with Gasteiger partial charge >= 0.3 is 0 Å². The molecule has 1 rings (SSSR count). The Morgan fingerprint density at radius 1 is 1.63 bits per heavy atom. The van der Waals surface area contributed by atoms with Crippen molar-refractivity contribution < 1.29 is 10.0 Å². The van der Waals surface area contributed by atoms with Gasteiger partial charge in [0.25, 0.3) is 5.91 Å². The summed E-state index contributed by atoms with van der Waals surface area (Å²) in [4.78, 5) is 12.1. The van der Waals surface area contributed by atoms with Gasteiger partial charge in [-0.3, -0.25) is 4.79 Å². The van der Waals surface area contributed by atoms with E-state index in [-0.39, 0.29) is 11.7 Å². The van der Waals surface area contributed by atoms with Crippen molar-refractivity contribution in [2.45, 2.75) is 25.8 Å². The molecule has 0 spiro atoms. The fourth-order valence-electron chi connectivity index (χ4n) is 1.40. The van der Waals surface area contributed by atoms with Gasteiger partial charge in [-0.25, -0.2) is 0 Å². The number of amidine groups is 1. The predicted molar refractivity (Wildman–Crippen MR) is 83.7 cm³/mol. The summed E-state index contributed by atoms with van der Waals surface area (Å²) < 4.78 is 0.866. The number of hydrogen-bond donors (Lipinski definition) is 3. The Morgan fingerprint density at radius 3 is 2.74 bits per heavy atom. The van der Waals surface area contributed by atoms with Gasteiger partial charge in [0.2, 0.25) is 0 Å². The molecule has 19 heavy (non-hydrogen) atoms. The molecule has 0 aliphatic heterocycles. The Bertz CT molecular complexity index is 522. The highest BCUT2D eigenvalue weighted by Crippen LogP contribution is 2.20. The first kappa shape index (κ1) is 16.0. The molecule has 7 heteroatoms. The van der Waals surface area contributed by atoms with Crippen molar-refractivity contribution in [1.82, 2.24) is 5.32 Å². The van der Waals surface area contributed by atoms with Gasteiger partial charge in [-0.15, -0.1) is 0 Å². The Morgan fingerprint density at radius 2 is 2.26 bits per heavy atom. The van der Waals surface area contributed by atoms with Gasteiger partial charge in [-0.05, 0) is 54.1 Å². The summed E-state index contributed by atoms with van der Waals surface area (Å²) in [5.41, 5.74) is 5.13. The first-order valence-corrected chi connectivity index (χ1v) is 7.05. The van der Waals surface area contributed by atoms with E-state index in [4.69, 9.17) is 22.5 Å². The summed E-state index contributed by atoms with van der Waals surface area (Å²) in [5.74, 6) is -0.366. The zero-order valence-electron chi connectivity index (χ0n) is 10.6. The average Bonchev–Trinajstić information content (AvgIpc) is 2.40. The fourth-order valence-corrected chi connectivity index (χ4v) is 1.92. The Kier molecular flexibility index (Phi) is 5.42. The fraction of sp³-hybridized carbons (Fsp3) is 0.333. The molecule has 0 heterocycles. The van der Waals surface area contributed by atoms with Crippen LogP contribution < -0.4 is 11.1 Å². The third kappa shape index (κ3) is 3.73. The van der Waals surface area contributed by atoms with E-state index in [1.54, 1.807) is 25.1 Å². The summed E-state index contributed by atoms with van der Waals surface area (Å²) in [6.07, 6.45) is 0.493. The van der Waals surface area contributed by atoms with Crippen LogP contribution in [0.25, 0.3) is 0 Å². The second kappa shape index (κ2) is 6.42. The van der Waals surface area contributed by atoms with E-state index >= 15 is 0 Å². The third-order valence-corrected chi connectivity index (χ3v) is 4.52. The van der Waals surface area contributed by atoms with E-state index in [2.05, 4.69) is 33.1 Å². The van der Waals surface area contributed by atoms with Gasteiger partial charge in [0.05, 0.1) is 10.6 Å². The molecule has 0 aliphatic rings. The molecule has 1 aromatic rings. The molecule has 0 bridgehead atoms. The number of nitrogens with two attached hydrogens (primary N) is 1. The van der Waals surface area contributed by atoms with Crippen LogP contribution >= 0.6 is 34.2 Å². The first-order valence-electron chi connectivity index (χ1n) is 5.59. The van der Waals surface area contributed by atoms with Gasteiger partial charge in [-0.2, -0.15) is 0 Å². The standard InChI is InChI=1S/C12H15ClIN3O2/c1-3-12(2,11(15)17-19)16-10(18)7-4-5-9(14)8(13)6-7/h4-6,19H,3H2,1-2H3,(H2,15,17)(H,16,18). The van der Waals surface area contributed by atoms with Crippen molar-refractivity contribution in [2.75, 3.05) is 0 Å². The number of benzene rings is 1.